The van der Waals surface area contributed by atoms with Gasteiger partial charge in [-0.1, -0.05) is 44.2 Å². The fraction of sp³-hybridized carbons (Fsp3) is 0.333. The highest BCUT2D eigenvalue weighted by Gasteiger charge is 2.32. The number of nitrogens with zero attached hydrogens (tertiary/aromatic N) is 1. The molecule has 1 aliphatic rings. The monoisotopic (exact) mass is 501 g/mol. The van der Waals surface area contributed by atoms with E-state index in [2.05, 4.69) is 10.6 Å². The molecule has 0 radical (unpaired) electrons. The predicted octanol–water partition coefficient (Wildman–Crippen LogP) is 4.41. The highest BCUT2D eigenvalue weighted by molar-refractivity contribution is 5.99. The number of nitrogens with one attached hydrogen (secondary N) is 2. The van der Waals surface area contributed by atoms with Gasteiger partial charge in [0.2, 0.25) is 11.8 Å². The number of anilines is 2. The van der Waals surface area contributed by atoms with Gasteiger partial charge in [0.25, 0.3) is 0 Å². The van der Waals surface area contributed by atoms with E-state index < -0.39 is 23.8 Å². The second-order valence-corrected chi connectivity index (χ2v) is 9.06. The summed E-state index contributed by atoms with van der Waals surface area (Å²) >= 11 is 0. The maximum absolute atomic E-state index is 12.7. The summed E-state index contributed by atoms with van der Waals surface area (Å²) < 4.78 is 37.9. The number of allylic oxidation sites excluding steroid dienone is 2. The summed E-state index contributed by atoms with van der Waals surface area (Å²) in [5.74, 6) is -0.470. The van der Waals surface area contributed by atoms with Gasteiger partial charge in [0, 0.05) is 24.5 Å². The Kier molecular flexibility index (Phi) is 8.57. The van der Waals surface area contributed by atoms with Crippen LogP contribution in [0.4, 0.5) is 24.5 Å². The van der Waals surface area contributed by atoms with Crippen LogP contribution < -0.4 is 15.5 Å². The van der Waals surface area contributed by atoms with E-state index in [9.17, 15) is 27.9 Å². The van der Waals surface area contributed by atoms with Crippen molar-refractivity contribution in [3.63, 3.8) is 0 Å². The molecule has 3 rings (SSSR count). The Labute approximate surface area is 208 Å². The number of carbonyl (C=O) groups excluding carboxylic acids is 2. The Morgan fingerprint density at radius 3 is 2.50 bits per heavy atom. The van der Waals surface area contributed by atoms with Gasteiger partial charge >= 0.3 is 6.18 Å². The number of aliphatic hydroxyl groups is 1. The van der Waals surface area contributed by atoms with Crippen LogP contribution in [0.15, 0.2) is 60.7 Å². The first-order valence-electron chi connectivity index (χ1n) is 11.6. The zero-order chi connectivity index (χ0) is 26.5. The van der Waals surface area contributed by atoms with Crippen molar-refractivity contribution in [2.24, 2.45) is 5.92 Å². The molecule has 3 N–H and O–H groups in total. The number of fused-ring (bicyclic) bond motifs is 1. The molecule has 2 aromatic carbocycles. The number of hydrogen-bond donors (Lipinski definition) is 3. The molecule has 6 nitrogen and oxygen atoms in total. The summed E-state index contributed by atoms with van der Waals surface area (Å²) in [5.41, 5.74) is 2.16. The van der Waals surface area contributed by atoms with Crippen molar-refractivity contribution in [1.82, 2.24) is 5.32 Å². The van der Waals surface area contributed by atoms with Gasteiger partial charge in [0.15, 0.2) is 0 Å². The summed E-state index contributed by atoms with van der Waals surface area (Å²) in [4.78, 5) is 27.0. The lowest BCUT2D eigenvalue weighted by molar-refractivity contribution is -0.137. The van der Waals surface area contributed by atoms with Crippen LogP contribution in [0.1, 0.15) is 30.5 Å². The van der Waals surface area contributed by atoms with Crippen molar-refractivity contribution < 1.29 is 27.9 Å². The largest absolute Gasteiger partial charge is 0.416 e. The molecule has 192 valence electrons. The maximum Gasteiger partial charge on any atom is 0.416 e. The van der Waals surface area contributed by atoms with Crippen LogP contribution >= 0.6 is 0 Å². The molecule has 36 heavy (non-hydrogen) atoms. The Bertz CT molecular complexity index is 1140. The van der Waals surface area contributed by atoms with E-state index in [4.69, 9.17) is 0 Å². The Morgan fingerprint density at radius 2 is 1.89 bits per heavy atom. The SMILES string of the molecule is CC(C)[C@H]1C(=O)N[C@H](CO)Cc2cc(NC(=O)C=CC=Cc3ccc(C(F)(F)F)cc3)ccc2N1C. The van der Waals surface area contributed by atoms with E-state index in [0.717, 1.165) is 23.4 Å². The molecule has 0 aromatic heterocycles. The topological polar surface area (TPSA) is 81.7 Å². The van der Waals surface area contributed by atoms with Gasteiger partial charge in [-0.3, -0.25) is 9.59 Å². The average Bonchev–Trinajstić information content (AvgIpc) is 2.80. The van der Waals surface area contributed by atoms with Gasteiger partial charge in [-0.25, -0.2) is 0 Å². The standard InChI is InChI=1S/C27H30F3N3O3/c1-17(2)25-26(36)32-22(16-34)15-19-14-21(12-13-23(19)33(25)3)31-24(35)7-5-4-6-18-8-10-20(11-9-18)27(28,29)30/h4-14,17,22,25,34H,15-16H2,1-3H3,(H,31,35)(H,32,36)/t22-,25-/m0/s1. The van der Waals surface area contributed by atoms with Crippen molar-refractivity contribution in [2.45, 2.75) is 38.5 Å². The van der Waals surface area contributed by atoms with Crippen LogP contribution in [-0.2, 0) is 22.2 Å². The molecule has 0 unspecified atom stereocenters. The van der Waals surface area contributed by atoms with E-state index in [1.165, 1.54) is 24.3 Å². The molecule has 0 bridgehead atoms. The minimum absolute atomic E-state index is 0.0421. The first-order valence-corrected chi connectivity index (χ1v) is 11.6. The highest BCUT2D eigenvalue weighted by atomic mass is 19.4. The Morgan fingerprint density at radius 1 is 1.19 bits per heavy atom. The molecule has 0 fully saturated rings. The molecule has 9 heteroatoms. The Hall–Kier alpha value is -3.59. The second-order valence-electron chi connectivity index (χ2n) is 9.06. The van der Waals surface area contributed by atoms with E-state index in [0.29, 0.717) is 17.7 Å². The van der Waals surface area contributed by atoms with Gasteiger partial charge in [0.05, 0.1) is 18.2 Å². The van der Waals surface area contributed by atoms with E-state index in [1.807, 2.05) is 37.9 Å². The smallest absolute Gasteiger partial charge is 0.394 e. The lowest BCUT2D eigenvalue weighted by Gasteiger charge is -2.37. The molecule has 2 amide bonds. The fourth-order valence-electron chi connectivity index (χ4n) is 4.24. The van der Waals surface area contributed by atoms with Gasteiger partial charge in [-0.05, 0) is 53.8 Å². The van der Waals surface area contributed by atoms with E-state index >= 15 is 0 Å². The number of benzene rings is 2. The quantitative estimate of drug-likeness (QED) is 0.405. The van der Waals surface area contributed by atoms with Crippen LogP contribution in [-0.4, -0.2) is 42.7 Å². The number of hydrogen-bond acceptors (Lipinski definition) is 4. The molecule has 1 aliphatic heterocycles. The third kappa shape index (κ3) is 6.75. The maximum atomic E-state index is 12.7. The van der Waals surface area contributed by atoms with E-state index in [1.54, 1.807) is 18.2 Å². The Balaban J connectivity index is 1.70. The number of amides is 2. The summed E-state index contributed by atoms with van der Waals surface area (Å²) in [6, 6.07) is 9.31. The van der Waals surface area contributed by atoms with Gasteiger partial charge in [-0.15, -0.1) is 0 Å². The van der Waals surface area contributed by atoms with Crippen LogP contribution in [0, 0.1) is 5.92 Å². The first kappa shape index (κ1) is 27.0. The summed E-state index contributed by atoms with van der Waals surface area (Å²) in [6.07, 6.45) is 2.00. The molecule has 2 atom stereocenters. The van der Waals surface area contributed by atoms with Crippen LogP contribution in [0.5, 0.6) is 0 Å². The summed E-state index contributed by atoms with van der Waals surface area (Å²) in [7, 11) is 1.85. The number of likely N-dealkylation sites (N-methyl/N-ethyl adjacent to an activating group) is 1. The number of rotatable bonds is 6. The third-order valence-electron chi connectivity index (χ3n) is 5.96. The minimum atomic E-state index is -4.38. The van der Waals surface area contributed by atoms with Crippen LogP contribution in [0.3, 0.4) is 0 Å². The van der Waals surface area contributed by atoms with Crippen LogP contribution in [0.2, 0.25) is 0 Å². The molecule has 0 saturated heterocycles. The lowest BCUT2D eigenvalue weighted by atomic mass is 9.95. The molecular formula is C27H30F3N3O3. The number of aliphatic hydroxyl groups excluding tert-OH is 1. The zero-order valence-electron chi connectivity index (χ0n) is 20.3. The van der Waals surface area contributed by atoms with Crippen molar-refractivity contribution in [1.29, 1.82) is 0 Å². The van der Waals surface area contributed by atoms with Crippen LogP contribution in [0.25, 0.3) is 6.08 Å². The minimum Gasteiger partial charge on any atom is -0.394 e. The normalized spacial score (nSPS) is 18.8. The zero-order valence-corrected chi connectivity index (χ0v) is 20.3. The van der Waals surface area contributed by atoms with Gasteiger partial charge < -0.3 is 20.6 Å². The average molecular weight is 502 g/mol. The first-order chi connectivity index (χ1) is 17.0. The molecule has 0 saturated carbocycles. The number of alkyl halides is 3. The van der Waals surface area contributed by atoms with Crippen molar-refractivity contribution >= 4 is 29.3 Å². The van der Waals surface area contributed by atoms with Crippen molar-refractivity contribution in [3.8, 4) is 0 Å². The summed E-state index contributed by atoms with van der Waals surface area (Å²) in [6.45, 7) is 3.72. The van der Waals surface area contributed by atoms with Crippen molar-refractivity contribution in [3.05, 3.63) is 77.4 Å². The second kappa shape index (κ2) is 11.4. The van der Waals surface area contributed by atoms with Gasteiger partial charge in [-0.2, -0.15) is 13.2 Å². The molecule has 0 aliphatic carbocycles. The van der Waals surface area contributed by atoms with E-state index in [-0.39, 0.29) is 24.3 Å². The summed E-state index contributed by atoms with van der Waals surface area (Å²) in [5, 5.41) is 15.4. The predicted molar refractivity (Wildman–Crippen MR) is 134 cm³/mol. The number of halogens is 3. The fourth-order valence-corrected chi connectivity index (χ4v) is 4.24. The molecule has 0 spiro atoms. The highest BCUT2D eigenvalue weighted by Crippen LogP contribution is 2.30. The lowest BCUT2D eigenvalue weighted by Crippen LogP contribution is -2.54. The number of carbonyl (C=O) groups is 2. The van der Waals surface area contributed by atoms with Crippen molar-refractivity contribution in [2.75, 3.05) is 23.9 Å². The molecular weight excluding hydrogens is 471 g/mol. The van der Waals surface area contributed by atoms with Gasteiger partial charge in [0.1, 0.15) is 6.04 Å². The molecule has 2 aromatic rings. The third-order valence-corrected chi connectivity index (χ3v) is 5.96. The molecule has 1 heterocycles.